The molecular formula is C15H18N2O2S. The number of hydrogen-bond acceptors (Lipinski definition) is 4. The van der Waals surface area contributed by atoms with Crippen molar-refractivity contribution in [2.24, 2.45) is 0 Å². The van der Waals surface area contributed by atoms with Gasteiger partial charge in [0.05, 0.1) is 10.8 Å². The number of para-hydroxylation sites is 1. The molecular weight excluding hydrogens is 272 g/mol. The van der Waals surface area contributed by atoms with Gasteiger partial charge in [-0.2, -0.15) is 0 Å². The third-order valence-electron chi connectivity index (χ3n) is 3.97. The molecule has 0 aliphatic carbocycles. The zero-order valence-electron chi connectivity index (χ0n) is 11.5. The second-order valence-electron chi connectivity index (χ2n) is 5.46. The molecule has 106 valence electrons. The van der Waals surface area contributed by atoms with Crippen LogP contribution in [0.25, 0.3) is 10.9 Å². The number of fused-ring (bicyclic) bond motifs is 1. The van der Waals surface area contributed by atoms with E-state index in [1.165, 1.54) is 11.8 Å². The normalized spacial score (nSPS) is 20.6. The lowest BCUT2D eigenvalue weighted by Gasteiger charge is -2.16. The van der Waals surface area contributed by atoms with E-state index in [1.54, 1.807) is 0 Å². The predicted molar refractivity (Wildman–Crippen MR) is 80.3 cm³/mol. The van der Waals surface area contributed by atoms with Gasteiger partial charge in [0.25, 0.3) is 0 Å². The molecule has 4 nitrogen and oxygen atoms in total. The molecule has 1 aromatic heterocycles. The van der Waals surface area contributed by atoms with Crippen molar-refractivity contribution in [2.75, 3.05) is 19.3 Å². The Labute approximate surface area is 119 Å². The van der Waals surface area contributed by atoms with E-state index in [-0.39, 0.29) is 5.25 Å². The standard InChI is InChI=1S/C15H18N2O2S/c1-20(18,19)13-7-9-17(11-13)10-12-6-8-16-15-5-3-2-4-14(12)15/h2-6,8,13H,7,9-11H2,1H3. The molecule has 0 N–H and O–H groups in total. The summed E-state index contributed by atoms with van der Waals surface area (Å²) < 4.78 is 23.2. The van der Waals surface area contributed by atoms with Crippen LogP contribution >= 0.6 is 0 Å². The van der Waals surface area contributed by atoms with Crippen LogP contribution < -0.4 is 0 Å². The molecule has 1 fully saturated rings. The Kier molecular flexibility index (Phi) is 3.48. The van der Waals surface area contributed by atoms with E-state index in [2.05, 4.69) is 16.0 Å². The number of benzene rings is 1. The number of pyridine rings is 1. The Balaban J connectivity index is 1.81. The highest BCUT2D eigenvalue weighted by Crippen LogP contribution is 2.22. The Morgan fingerprint density at radius 3 is 2.85 bits per heavy atom. The second kappa shape index (κ2) is 5.14. The summed E-state index contributed by atoms with van der Waals surface area (Å²) in [7, 11) is -2.92. The largest absolute Gasteiger partial charge is 0.298 e. The smallest absolute Gasteiger partial charge is 0.151 e. The van der Waals surface area contributed by atoms with Crippen LogP contribution in [0.2, 0.25) is 0 Å². The summed E-state index contributed by atoms with van der Waals surface area (Å²) in [5.41, 5.74) is 2.20. The van der Waals surface area contributed by atoms with Crippen LogP contribution in [-0.2, 0) is 16.4 Å². The zero-order valence-corrected chi connectivity index (χ0v) is 12.3. The molecule has 0 bridgehead atoms. The molecule has 1 saturated heterocycles. The minimum Gasteiger partial charge on any atom is -0.298 e. The lowest BCUT2D eigenvalue weighted by Crippen LogP contribution is -2.26. The fourth-order valence-electron chi connectivity index (χ4n) is 2.82. The van der Waals surface area contributed by atoms with Crippen LogP contribution in [0.1, 0.15) is 12.0 Å². The van der Waals surface area contributed by atoms with Crippen molar-refractivity contribution >= 4 is 20.7 Å². The van der Waals surface area contributed by atoms with Gasteiger partial charge >= 0.3 is 0 Å². The molecule has 1 atom stereocenters. The fraction of sp³-hybridized carbons (Fsp3) is 0.400. The van der Waals surface area contributed by atoms with Gasteiger partial charge in [0.2, 0.25) is 0 Å². The number of aromatic nitrogens is 1. The van der Waals surface area contributed by atoms with Crippen LogP contribution in [0.5, 0.6) is 0 Å². The summed E-state index contributed by atoms with van der Waals surface area (Å²) in [6.45, 7) is 2.26. The highest BCUT2D eigenvalue weighted by Gasteiger charge is 2.29. The monoisotopic (exact) mass is 290 g/mol. The van der Waals surface area contributed by atoms with E-state index in [4.69, 9.17) is 0 Å². The topological polar surface area (TPSA) is 50.3 Å². The van der Waals surface area contributed by atoms with E-state index in [1.807, 2.05) is 30.5 Å². The van der Waals surface area contributed by atoms with Crippen LogP contribution in [0.4, 0.5) is 0 Å². The minimum atomic E-state index is -2.92. The third-order valence-corrected chi connectivity index (χ3v) is 5.56. The number of sulfone groups is 1. The van der Waals surface area contributed by atoms with Gasteiger partial charge in [-0.25, -0.2) is 8.42 Å². The lowest BCUT2D eigenvalue weighted by molar-refractivity contribution is 0.332. The molecule has 0 radical (unpaired) electrons. The van der Waals surface area contributed by atoms with Gasteiger partial charge in [-0.05, 0) is 30.7 Å². The zero-order chi connectivity index (χ0) is 14.2. The number of hydrogen-bond donors (Lipinski definition) is 0. The molecule has 1 aliphatic heterocycles. The van der Waals surface area contributed by atoms with Crippen LogP contribution in [-0.4, -0.2) is 42.9 Å². The molecule has 1 aromatic carbocycles. The molecule has 0 saturated carbocycles. The quantitative estimate of drug-likeness (QED) is 0.865. The van der Waals surface area contributed by atoms with E-state index >= 15 is 0 Å². The van der Waals surface area contributed by atoms with E-state index < -0.39 is 9.84 Å². The Hall–Kier alpha value is -1.46. The molecule has 3 rings (SSSR count). The number of rotatable bonds is 3. The number of likely N-dealkylation sites (tertiary alicyclic amines) is 1. The summed E-state index contributed by atoms with van der Waals surface area (Å²) in [6, 6.07) is 10.1. The first-order valence-corrected chi connectivity index (χ1v) is 8.73. The van der Waals surface area contributed by atoms with Crippen molar-refractivity contribution in [1.82, 2.24) is 9.88 Å². The molecule has 1 aliphatic rings. The molecule has 2 aromatic rings. The molecule has 20 heavy (non-hydrogen) atoms. The summed E-state index contributed by atoms with van der Waals surface area (Å²) in [5, 5.41) is 0.938. The molecule has 0 amide bonds. The van der Waals surface area contributed by atoms with Gasteiger partial charge in [-0.1, -0.05) is 18.2 Å². The summed E-state index contributed by atoms with van der Waals surface area (Å²) >= 11 is 0. The van der Waals surface area contributed by atoms with E-state index in [9.17, 15) is 8.42 Å². The van der Waals surface area contributed by atoms with Gasteiger partial charge < -0.3 is 0 Å². The molecule has 0 spiro atoms. The lowest BCUT2D eigenvalue weighted by atomic mass is 10.1. The van der Waals surface area contributed by atoms with Gasteiger partial charge in [0, 0.05) is 30.9 Å². The second-order valence-corrected chi connectivity index (χ2v) is 7.79. The van der Waals surface area contributed by atoms with E-state index in [0.717, 1.165) is 30.4 Å². The average molecular weight is 290 g/mol. The van der Waals surface area contributed by atoms with Crippen LogP contribution in [0.3, 0.4) is 0 Å². The first-order chi connectivity index (χ1) is 9.54. The predicted octanol–water partition coefficient (Wildman–Crippen LogP) is 1.85. The minimum absolute atomic E-state index is 0.212. The molecule has 1 unspecified atom stereocenters. The van der Waals surface area contributed by atoms with Gasteiger partial charge in [-0.3, -0.25) is 9.88 Å². The Bertz CT molecular complexity index is 722. The Morgan fingerprint density at radius 1 is 1.30 bits per heavy atom. The third kappa shape index (κ3) is 2.69. The van der Waals surface area contributed by atoms with Crippen molar-refractivity contribution in [2.45, 2.75) is 18.2 Å². The number of nitrogens with zero attached hydrogens (tertiary/aromatic N) is 2. The van der Waals surface area contributed by atoms with Gasteiger partial charge in [0.1, 0.15) is 0 Å². The maximum absolute atomic E-state index is 11.6. The van der Waals surface area contributed by atoms with Crippen molar-refractivity contribution in [3.05, 3.63) is 42.1 Å². The SMILES string of the molecule is CS(=O)(=O)C1CCN(Cc2ccnc3ccccc23)C1. The van der Waals surface area contributed by atoms with Crippen LogP contribution in [0, 0.1) is 0 Å². The van der Waals surface area contributed by atoms with Crippen LogP contribution in [0.15, 0.2) is 36.5 Å². The summed E-state index contributed by atoms with van der Waals surface area (Å²) in [6.07, 6.45) is 3.90. The van der Waals surface area contributed by atoms with Crippen molar-refractivity contribution in [1.29, 1.82) is 0 Å². The Morgan fingerprint density at radius 2 is 2.10 bits per heavy atom. The van der Waals surface area contributed by atoms with Gasteiger partial charge in [0.15, 0.2) is 9.84 Å². The average Bonchev–Trinajstić information content (AvgIpc) is 2.88. The van der Waals surface area contributed by atoms with Crippen molar-refractivity contribution < 1.29 is 8.42 Å². The maximum Gasteiger partial charge on any atom is 0.151 e. The first-order valence-electron chi connectivity index (χ1n) is 6.78. The first kappa shape index (κ1) is 13.5. The highest BCUT2D eigenvalue weighted by molar-refractivity contribution is 7.91. The summed E-state index contributed by atoms with van der Waals surface area (Å²) in [5.74, 6) is 0. The molecule has 2 heterocycles. The van der Waals surface area contributed by atoms with Crippen molar-refractivity contribution in [3.63, 3.8) is 0 Å². The van der Waals surface area contributed by atoms with E-state index in [0.29, 0.717) is 6.54 Å². The summed E-state index contributed by atoms with van der Waals surface area (Å²) in [4.78, 5) is 6.57. The molecule has 5 heteroatoms. The highest BCUT2D eigenvalue weighted by atomic mass is 32.2. The van der Waals surface area contributed by atoms with Gasteiger partial charge in [-0.15, -0.1) is 0 Å². The maximum atomic E-state index is 11.6. The van der Waals surface area contributed by atoms with Crippen molar-refractivity contribution in [3.8, 4) is 0 Å². The fourth-order valence-corrected chi connectivity index (χ4v) is 3.84.